The fraction of sp³-hybridized carbons (Fsp3) is 0.385. The van der Waals surface area contributed by atoms with Crippen molar-refractivity contribution in [1.29, 1.82) is 0 Å². The first-order valence-corrected chi connectivity index (χ1v) is 11.5. The first-order chi connectivity index (χ1) is 15.7. The molecule has 2 heterocycles. The molecular weight excluding hydrogens is 523 g/mol. The standard InChI is InChI=1S/C26H34N6.HI/c1-21-17-24(13-15-31(21)19-22-9-5-3-6-10-22)30-26(27-2)29-18-25-28-14-16-32(25)20-23-11-7-4-8-12-23;/h3-12,14,16,21,24H,13,15,17-20H2,1-2H3,(H2,27,29,30);1H. The predicted molar refractivity (Wildman–Crippen MR) is 146 cm³/mol. The van der Waals surface area contributed by atoms with Crippen molar-refractivity contribution in [1.82, 2.24) is 25.1 Å². The number of nitrogens with one attached hydrogen (secondary N) is 2. The minimum absolute atomic E-state index is 0. The quantitative estimate of drug-likeness (QED) is 0.259. The fourth-order valence-electron chi connectivity index (χ4n) is 4.39. The number of piperidine rings is 1. The Morgan fingerprint density at radius 2 is 1.70 bits per heavy atom. The van der Waals surface area contributed by atoms with E-state index in [4.69, 9.17) is 0 Å². The van der Waals surface area contributed by atoms with Crippen molar-refractivity contribution in [2.24, 2.45) is 4.99 Å². The van der Waals surface area contributed by atoms with Gasteiger partial charge in [0.05, 0.1) is 6.54 Å². The Hall–Kier alpha value is -2.39. The number of aliphatic imine (C=N–C) groups is 1. The summed E-state index contributed by atoms with van der Waals surface area (Å²) in [6, 6.07) is 22.2. The molecule has 0 saturated carbocycles. The largest absolute Gasteiger partial charge is 0.354 e. The molecule has 1 aliphatic rings. The monoisotopic (exact) mass is 558 g/mol. The molecule has 2 aromatic carbocycles. The molecule has 1 fully saturated rings. The summed E-state index contributed by atoms with van der Waals surface area (Å²) in [6.07, 6.45) is 6.11. The highest BCUT2D eigenvalue weighted by Gasteiger charge is 2.26. The summed E-state index contributed by atoms with van der Waals surface area (Å²) in [5.41, 5.74) is 2.65. The second-order valence-corrected chi connectivity index (χ2v) is 8.55. The van der Waals surface area contributed by atoms with E-state index in [0.29, 0.717) is 18.6 Å². The van der Waals surface area contributed by atoms with Crippen LogP contribution in [0.25, 0.3) is 0 Å². The molecule has 1 saturated heterocycles. The number of guanidine groups is 1. The van der Waals surface area contributed by atoms with Gasteiger partial charge in [0.25, 0.3) is 0 Å². The lowest BCUT2D eigenvalue weighted by molar-refractivity contribution is 0.134. The third kappa shape index (κ3) is 7.30. The molecule has 0 amide bonds. The van der Waals surface area contributed by atoms with Crippen molar-refractivity contribution in [2.75, 3.05) is 13.6 Å². The molecule has 0 aliphatic carbocycles. The lowest BCUT2D eigenvalue weighted by Gasteiger charge is -2.38. The lowest BCUT2D eigenvalue weighted by atomic mass is 9.97. The van der Waals surface area contributed by atoms with E-state index in [1.54, 1.807) is 0 Å². The van der Waals surface area contributed by atoms with E-state index in [0.717, 1.165) is 44.3 Å². The van der Waals surface area contributed by atoms with Gasteiger partial charge in [-0.25, -0.2) is 4.98 Å². The molecule has 0 bridgehead atoms. The number of aromatic nitrogens is 2. The molecule has 4 rings (SSSR count). The third-order valence-electron chi connectivity index (χ3n) is 6.22. The maximum Gasteiger partial charge on any atom is 0.191 e. The second kappa shape index (κ2) is 12.7. The van der Waals surface area contributed by atoms with Gasteiger partial charge < -0.3 is 15.2 Å². The summed E-state index contributed by atoms with van der Waals surface area (Å²) in [5, 5.41) is 7.08. The van der Waals surface area contributed by atoms with E-state index >= 15 is 0 Å². The smallest absolute Gasteiger partial charge is 0.191 e. The van der Waals surface area contributed by atoms with Crippen LogP contribution in [-0.4, -0.2) is 46.1 Å². The first-order valence-electron chi connectivity index (χ1n) is 11.5. The summed E-state index contributed by atoms with van der Waals surface area (Å²) in [7, 11) is 1.83. The number of likely N-dealkylation sites (tertiary alicyclic amines) is 1. The number of hydrogen-bond acceptors (Lipinski definition) is 3. The number of halogens is 1. The molecule has 1 aromatic heterocycles. The van der Waals surface area contributed by atoms with Crippen LogP contribution in [0.3, 0.4) is 0 Å². The van der Waals surface area contributed by atoms with Gasteiger partial charge in [-0.15, -0.1) is 24.0 Å². The van der Waals surface area contributed by atoms with Crippen molar-refractivity contribution in [3.05, 3.63) is 90.0 Å². The summed E-state index contributed by atoms with van der Waals surface area (Å²) in [5.74, 6) is 1.84. The Bertz CT molecular complexity index is 988. The molecule has 33 heavy (non-hydrogen) atoms. The average molecular weight is 559 g/mol. The molecule has 0 radical (unpaired) electrons. The molecule has 2 atom stereocenters. The van der Waals surface area contributed by atoms with Crippen LogP contribution >= 0.6 is 24.0 Å². The lowest BCUT2D eigenvalue weighted by Crippen LogP contribution is -2.51. The highest BCUT2D eigenvalue weighted by molar-refractivity contribution is 14.0. The van der Waals surface area contributed by atoms with Crippen LogP contribution in [0.15, 0.2) is 78.0 Å². The number of benzene rings is 2. The Morgan fingerprint density at radius 1 is 1.03 bits per heavy atom. The van der Waals surface area contributed by atoms with Gasteiger partial charge in [0, 0.05) is 51.2 Å². The Labute approximate surface area is 214 Å². The molecule has 176 valence electrons. The SMILES string of the molecule is CN=C(NCc1nccn1Cc1ccccc1)NC1CCN(Cc2ccccc2)C(C)C1.I. The van der Waals surface area contributed by atoms with Gasteiger partial charge in [-0.1, -0.05) is 60.7 Å². The van der Waals surface area contributed by atoms with Gasteiger partial charge in [0.15, 0.2) is 5.96 Å². The normalized spacial score (nSPS) is 19.0. The van der Waals surface area contributed by atoms with Crippen LogP contribution in [0.4, 0.5) is 0 Å². The van der Waals surface area contributed by atoms with Gasteiger partial charge in [-0.05, 0) is 30.9 Å². The van der Waals surface area contributed by atoms with Crippen molar-refractivity contribution in [2.45, 2.75) is 51.5 Å². The summed E-state index contributed by atoms with van der Waals surface area (Å²) in [6.45, 7) is 5.90. The molecule has 3 aromatic rings. The zero-order chi connectivity index (χ0) is 22.2. The van der Waals surface area contributed by atoms with Crippen LogP contribution < -0.4 is 10.6 Å². The van der Waals surface area contributed by atoms with E-state index < -0.39 is 0 Å². The van der Waals surface area contributed by atoms with E-state index in [2.05, 4.69) is 91.6 Å². The van der Waals surface area contributed by atoms with Gasteiger partial charge >= 0.3 is 0 Å². The summed E-state index contributed by atoms with van der Waals surface area (Å²) < 4.78 is 2.18. The molecule has 2 N–H and O–H groups in total. The second-order valence-electron chi connectivity index (χ2n) is 8.55. The highest BCUT2D eigenvalue weighted by atomic mass is 127. The van der Waals surface area contributed by atoms with Gasteiger partial charge in [0.2, 0.25) is 0 Å². The van der Waals surface area contributed by atoms with Gasteiger partial charge in [-0.2, -0.15) is 0 Å². The van der Waals surface area contributed by atoms with Crippen LogP contribution in [-0.2, 0) is 19.6 Å². The minimum atomic E-state index is 0. The zero-order valence-corrected chi connectivity index (χ0v) is 21.9. The minimum Gasteiger partial charge on any atom is -0.354 e. The number of hydrogen-bond donors (Lipinski definition) is 2. The molecule has 6 nitrogen and oxygen atoms in total. The van der Waals surface area contributed by atoms with Crippen molar-refractivity contribution in [3.8, 4) is 0 Å². The van der Waals surface area contributed by atoms with Crippen molar-refractivity contribution in [3.63, 3.8) is 0 Å². The molecule has 7 heteroatoms. The maximum atomic E-state index is 4.54. The van der Waals surface area contributed by atoms with E-state index in [-0.39, 0.29) is 24.0 Å². The van der Waals surface area contributed by atoms with E-state index in [9.17, 15) is 0 Å². The average Bonchev–Trinajstić information content (AvgIpc) is 3.26. The number of rotatable bonds is 7. The molecule has 1 aliphatic heterocycles. The first kappa shape index (κ1) is 25.2. The van der Waals surface area contributed by atoms with E-state index in [1.165, 1.54) is 11.1 Å². The van der Waals surface area contributed by atoms with Gasteiger partial charge in [-0.3, -0.25) is 9.89 Å². The predicted octanol–water partition coefficient (Wildman–Crippen LogP) is 4.27. The number of nitrogens with zero attached hydrogens (tertiary/aromatic N) is 4. The topological polar surface area (TPSA) is 57.5 Å². The summed E-state index contributed by atoms with van der Waals surface area (Å²) in [4.78, 5) is 11.6. The fourth-order valence-corrected chi connectivity index (χ4v) is 4.39. The maximum absolute atomic E-state index is 4.54. The zero-order valence-electron chi connectivity index (χ0n) is 19.5. The summed E-state index contributed by atoms with van der Waals surface area (Å²) >= 11 is 0. The number of imidazole rings is 1. The van der Waals surface area contributed by atoms with Crippen LogP contribution in [0.2, 0.25) is 0 Å². The van der Waals surface area contributed by atoms with Gasteiger partial charge in [0.1, 0.15) is 5.82 Å². The van der Waals surface area contributed by atoms with Crippen LogP contribution in [0, 0.1) is 0 Å². The molecule has 2 unspecified atom stereocenters. The Morgan fingerprint density at radius 3 is 2.33 bits per heavy atom. The highest BCUT2D eigenvalue weighted by Crippen LogP contribution is 2.20. The van der Waals surface area contributed by atoms with Crippen LogP contribution in [0.5, 0.6) is 0 Å². The molecular formula is C26H35IN6. The van der Waals surface area contributed by atoms with Crippen LogP contribution in [0.1, 0.15) is 36.7 Å². The Balaban J connectivity index is 0.00000306. The van der Waals surface area contributed by atoms with Crippen molar-refractivity contribution >= 4 is 29.9 Å². The Kier molecular flexibility index (Phi) is 9.75. The molecule has 0 spiro atoms. The van der Waals surface area contributed by atoms with Crippen molar-refractivity contribution < 1.29 is 0 Å². The third-order valence-corrected chi connectivity index (χ3v) is 6.22. The van der Waals surface area contributed by atoms with E-state index in [1.807, 2.05) is 25.5 Å².